The number of hydrogen-bond donors (Lipinski definition) is 1. The van der Waals surface area contributed by atoms with Gasteiger partial charge in [-0.1, -0.05) is 25.3 Å². The molecule has 33 heavy (non-hydrogen) atoms. The second-order valence-electron chi connectivity index (χ2n) is 7.73. The van der Waals surface area contributed by atoms with E-state index in [1.165, 1.54) is 0 Å². The van der Waals surface area contributed by atoms with E-state index in [0.29, 0.717) is 5.56 Å². The fraction of sp³-hybridized carbons (Fsp3) is 0.286. The number of benzene rings is 1. The number of rotatable bonds is 8. The third-order valence-electron chi connectivity index (χ3n) is 4.79. The highest BCUT2D eigenvalue weighted by Crippen LogP contribution is 2.18. The number of likely N-dealkylation sites (N-methyl/N-ethyl adjacent to an activating group) is 1. The van der Waals surface area contributed by atoms with Crippen LogP contribution in [0.1, 0.15) is 45.0 Å². The Balaban J connectivity index is 0.000000383. The maximum Gasteiger partial charge on any atom is 0.150 e. The highest BCUT2D eigenvalue weighted by Gasteiger charge is 2.07. The van der Waals surface area contributed by atoms with Crippen molar-refractivity contribution in [2.75, 3.05) is 19.4 Å². The van der Waals surface area contributed by atoms with Gasteiger partial charge in [0.1, 0.15) is 17.9 Å². The molecule has 1 heterocycles. The van der Waals surface area contributed by atoms with E-state index in [1.807, 2.05) is 54.8 Å². The minimum absolute atomic E-state index is 0.173. The Kier molecular flexibility index (Phi) is 11.4. The summed E-state index contributed by atoms with van der Waals surface area (Å²) >= 11 is 0. The topological polar surface area (TPSA) is 54.5 Å². The first-order chi connectivity index (χ1) is 15.7. The third kappa shape index (κ3) is 8.81. The van der Waals surface area contributed by atoms with Crippen molar-refractivity contribution in [3.63, 3.8) is 0 Å². The van der Waals surface area contributed by atoms with Gasteiger partial charge in [-0.05, 0) is 87.0 Å². The summed E-state index contributed by atoms with van der Waals surface area (Å²) in [6.45, 7) is 18.0. The van der Waals surface area contributed by atoms with Crippen LogP contribution in [0.5, 0.6) is 5.75 Å². The number of aldehydes is 1. The van der Waals surface area contributed by atoms with Gasteiger partial charge in [0, 0.05) is 37.2 Å². The minimum Gasteiger partial charge on any atom is -0.491 e. The quantitative estimate of drug-likeness (QED) is 0.460. The van der Waals surface area contributed by atoms with Gasteiger partial charge in [0.2, 0.25) is 0 Å². The highest BCUT2D eigenvalue weighted by molar-refractivity contribution is 5.74. The molecule has 1 aromatic carbocycles. The van der Waals surface area contributed by atoms with Crippen LogP contribution in [0.15, 0.2) is 72.2 Å². The zero-order valence-electron chi connectivity index (χ0n) is 21.0. The summed E-state index contributed by atoms with van der Waals surface area (Å²) in [5.41, 5.74) is 3.91. The number of ether oxygens (including phenoxy) is 1. The second-order valence-corrected chi connectivity index (χ2v) is 7.73. The summed E-state index contributed by atoms with van der Waals surface area (Å²) in [6.07, 6.45) is 9.07. The minimum atomic E-state index is 0.173. The average Bonchev–Trinajstić information content (AvgIpc) is 2.80. The molecule has 176 valence electrons. The molecule has 0 atom stereocenters. The Morgan fingerprint density at radius 1 is 1.18 bits per heavy atom. The predicted molar refractivity (Wildman–Crippen MR) is 141 cm³/mol. The van der Waals surface area contributed by atoms with E-state index in [2.05, 4.69) is 46.6 Å². The average molecular weight is 448 g/mol. The summed E-state index contributed by atoms with van der Waals surface area (Å²) in [5.74, 6) is 1.63. The zero-order valence-corrected chi connectivity index (χ0v) is 21.0. The van der Waals surface area contributed by atoms with Gasteiger partial charge in [-0.15, -0.1) is 0 Å². The molecule has 0 aliphatic carbocycles. The van der Waals surface area contributed by atoms with Crippen LogP contribution in [-0.4, -0.2) is 36.4 Å². The molecular formula is C28H37N3O2. The Morgan fingerprint density at radius 3 is 2.27 bits per heavy atom. The third-order valence-corrected chi connectivity index (χ3v) is 4.79. The largest absolute Gasteiger partial charge is 0.491 e. The Hall–Kier alpha value is -3.60. The van der Waals surface area contributed by atoms with Gasteiger partial charge < -0.3 is 15.0 Å². The molecule has 0 saturated carbocycles. The van der Waals surface area contributed by atoms with Gasteiger partial charge in [0.15, 0.2) is 0 Å². The summed E-state index contributed by atoms with van der Waals surface area (Å²) in [4.78, 5) is 16.6. The van der Waals surface area contributed by atoms with Crippen molar-refractivity contribution in [1.82, 2.24) is 9.88 Å². The van der Waals surface area contributed by atoms with Crippen LogP contribution in [0.2, 0.25) is 0 Å². The molecule has 0 unspecified atom stereocenters. The molecule has 1 N–H and O–H groups in total. The Morgan fingerprint density at radius 2 is 1.82 bits per heavy atom. The number of anilines is 1. The summed E-state index contributed by atoms with van der Waals surface area (Å²) in [6, 6.07) is 9.07. The van der Waals surface area contributed by atoms with Crippen LogP contribution in [0.4, 0.5) is 5.82 Å². The summed E-state index contributed by atoms with van der Waals surface area (Å²) in [5, 5.41) is 5.01. The van der Waals surface area contributed by atoms with E-state index in [0.717, 1.165) is 45.3 Å². The molecule has 0 radical (unpaired) electrons. The van der Waals surface area contributed by atoms with Crippen LogP contribution in [-0.2, 0) is 0 Å². The number of nitrogens with one attached hydrogen (secondary N) is 1. The first-order valence-electron chi connectivity index (χ1n) is 10.9. The van der Waals surface area contributed by atoms with E-state index >= 15 is 0 Å². The number of carbonyl (C=O) groups is 1. The van der Waals surface area contributed by atoms with Crippen molar-refractivity contribution in [2.24, 2.45) is 0 Å². The van der Waals surface area contributed by atoms with Crippen LogP contribution in [0, 0.1) is 0 Å². The molecule has 0 aliphatic heterocycles. The fourth-order valence-electron chi connectivity index (χ4n) is 2.90. The van der Waals surface area contributed by atoms with E-state index in [4.69, 9.17) is 4.74 Å². The first-order valence-corrected chi connectivity index (χ1v) is 10.9. The molecule has 0 spiro atoms. The number of carbonyl (C=O) groups excluding carboxylic acids is 1. The number of allylic oxidation sites excluding steroid dienone is 4. The Bertz CT molecular complexity index is 1100. The molecule has 2 aromatic rings. The molecule has 0 bridgehead atoms. The summed E-state index contributed by atoms with van der Waals surface area (Å²) < 4.78 is 5.40. The number of nitrogens with zero attached hydrogens (tertiary/aromatic N) is 2. The van der Waals surface area contributed by atoms with Gasteiger partial charge in [0.05, 0.1) is 6.10 Å². The van der Waals surface area contributed by atoms with Crippen molar-refractivity contribution < 1.29 is 9.53 Å². The molecule has 5 heteroatoms. The maximum atomic E-state index is 10.3. The lowest BCUT2D eigenvalue weighted by Gasteiger charge is -2.23. The SMILES string of the molecule is C=C(C)N(C)C(=C\C)/C(/C=c1/cc(NC)ncc1=C)=C/C.CC(C)Oc1ccc(C=O)cc1. The molecule has 0 saturated heterocycles. The van der Waals surface area contributed by atoms with Crippen molar-refractivity contribution in [3.8, 4) is 5.75 Å². The Labute approximate surface area is 198 Å². The molecule has 0 fully saturated rings. The standard InChI is InChI=1S/C18H25N3.C10H12O2/c1-8-15(17(9-2)21(7)13(3)4)10-16-11-18(19-6)20-12-14(16)5;1-8(2)12-10-5-3-9(7-11)4-6-10/h8-12,19H,3,5H2,1-2,4,6-7H3;3-8H,1-2H3/b15-8+,16-10-,17-9-;. The monoisotopic (exact) mass is 447 g/mol. The van der Waals surface area contributed by atoms with E-state index in [1.54, 1.807) is 30.5 Å². The molecule has 2 rings (SSSR count). The molecule has 5 nitrogen and oxygen atoms in total. The smallest absolute Gasteiger partial charge is 0.150 e. The van der Waals surface area contributed by atoms with Gasteiger partial charge >= 0.3 is 0 Å². The van der Waals surface area contributed by atoms with Gasteiger partial charge in [-0.25, -0.2) is 4.98 Å². The number of hydrogen-bond acceptors (Lipinski definition) is 5. The van der Waals surface area contributed by atoms with E-state index in [-0.39, 0.29) is 6.10 Å². The molecule has 0 aliphatic rings. The van der Waals surface area contributed by atoms with Gasteiger partial charge in [-0.2, -0.15) is 0 Å². The zero-order chi connectivity index (χ0) is 25.0. The lowest BCUT2D eigenvalue weighted by Crippen LogP contribution is -2.25. The van der Waals surface area contributed by atoms with E-state index in [9.17, 15) is 4.79 Å². The lowest BCUT2D eigenvalue weighted by molar-refractivity contribution is 0.112. The van der Waals surface area contributed by atoms with Crippen molar-refractivity contribution in [2.45, 2.75) is 40.7 Å². The fourth-order valence-corrected chi connectivity index (χ4v) is 2.90. The first kappa shape index (κ1) is 27.4. The van der Waals surface area contributed by atoms with Gasteiger partial charge in [0.25, 0.3) is 0 Å². The van der Waals surface area contributed by atoms with Crippen molar-refractivity contribution in [3.05, 3.63) is 88.2 Å². The van der Waals surface area contributed by atoms with Crippen molar-refractivity contribution >= 4 is 24.8 Å². The molecular weight excluding hydrogens is 410 g/mol. The van der Waals surface area contributed by atoms with Crippen LogP contribution in [0.3, 0.4) is 0 Å². The second kappa shape index (κ2) is 13.7. The van der Waals surface area contributed by atoms with E-state index < -0.39 is 0 Å². The predicted octanol–water partition coefficient (Wildman–Crippen LogP) is 4.92. The lowest BCUT2D eigenvalue weighted by atomic mass is 10.1. The van der Waals surface area contributed by atoms with Crippen molar-refractivity contribution in [1.29, 1.82) is 0 Å². The summed E-state index contributed by atoms with van der Waals surface area (Å²) in [7, 11) is 3.88. The normalized spacial score (nSPS) is 12.1. The maximum absolute atomic E-state index is 10.3. The van der Waals surface area contributed by atoms with Gasteiger partial charge in [-0.3, -0.25) is 4.79 Å². The van der Waals surface area contributed by atoms with Crippen LogP contribution in [0.25, 0.3) is 12.7 Å². The molecule has 1 aromatic heterocycles. The van der Waals surface area contributed by atoms with Crippen LogP contribution < -0.4 is 20.5 Å². The highest BCUT2D eigenvalue weighted by atomic mass is 16.5. The molecule has 0 amide bonds. The number of pyridine rings is 1. The van der Waals surface area contributed by atoms with Crippen LogP contribution >= 0.6 is 0 Å². The number of aromatic nitrogens is 1.